The molecule has 0 saturated carbocycles. The molecule has 5 nitrogen and oxygen atoms in total. The second-order valence-electron chi connectivity index (χ2n) is 2.88. The number of anilines is 1. The number of aromatic nitrogens is 2. The zero-order valence-corrected chi connectivity index (χ0v) is 8.08. The van der Waals surface area contributed by atoms with Crippen LogP contribution in [0.2, 0.25) is 0 Å². The average Bonchev–Trinajstić information content (AvgIpc) is 2.39. The molecule has 0 fully saturated rings. The number of aryl methyl sites for hydroxylation is 1. The zero-order chi connectivity index (χ0) is 9.68. The van der Waals surface area contributed by atoms with Gasteiger partial charge in [0, 0.05) is 39.0 Å². The van der Waals surface area contributed by atoms with Crippen LogP contribution in [-0.4, -0.2) is 30.0 Å². The van der Waals surface area contributed by atoms with E-state index in [2.05, 4.69) is 10.4 Å². The van der Waals surface area contributed by atoms with Gasteiger partial charge < -0.3 is 15.8 Å². The monoisotopic (exact) mass is 184 g/mol. The van der Waals surface area contributed by atoms with Gasteiger partial charge in [-0.25, -0.2) is 0 Å². The van der Waals surface area contributed by atoms with Gasteiger partial charge in [-0.2, -0.15) is 5.10 Å². The number of nitrogens with one attached hydrogen (secondary N) is 1. The van der Waals surface area contributed by atoms with Gasteiger partial charge >= 0.3 is 0 Å². The van der Waals surface area contributed by atoms with Crippen molar-refractivity contribution in [3.05, 3.63) is 11.8 Å². The molecule has 0 saturated heterocycles. The highest BCUT2D eigenvalue weighted by molar-refractivity contribution is 5.36. The number of methoxy groups -OCH3 is 1. The lowest BCUT2D eigenvalue weighted by atomic mass is 10.3. The Morgan fingerprint density at radius 1 is 1.69 bits per heavy atom. The Bertz CT molecular complexity index is 259. The van der Waals surface area contributed by atoms with E-state index in [9.17, 15) is 0 Å². The molecule has 1 heterocycles. The number of nitrogens with zero attached hydrogens (tertiary/aromatic N) is 2. The number of hydrogen-bond acceptors (Lipinski definition) is 4. The maximum absolute atomic E-state index is 5.65. The molecular weight excluding hydrogens is 168 g/mol. The fourth-order valence-corrected chi connectivity index (χ4v) is 1.09. The summed E-state index contributed by atoms with van der Waals surface area (Å²) in [5, 5.41) is 7.23. The smallest absolute Gasteiger partial charge is 0.149 e. The SMILES string of the molecule is COCCNCc1cn(C)nc1N. The van der Waals surface area contributed by atoms with Crippen LogP contribution in [0.25, 0.3) is 0 Å². The molecule has 0 radical (unpaired) electrons. The highest BCUT2D eigenvalue weighted by Gasteiger charge is 2.01. The van der Waals surface area contributed by atoms with Crippen LogP contribution in [0.1, 0.15) is 5.56 Å². The minimum absolute atomic E-state index is 0.590. The molecule has 0 aliphatic heterocycles. The molecule has 0 amide bonds. The molecule has 0 atom stereocenters. The van der Waals surface area contributed by atoms with Crippen molar-refractivity contribution >= 4 is 5.82 Å². The fraction of sp³-hybridized carbons (Fsp3) is 0.625. The van der Waals surface area contributed by atoms with Crippen molar-refractivity contribution < 1.29 is 4.74 Å². The van der Waals surface area contributed by atoms with E-state index in [1.54, 1.807) is 11.8 Å². The Morgan fingerprint density at radius 2 is 2.46 bits per heavy atom. The summed E-state index contributed by atoms with van der Waals surface area (Å²) in [6.07, 6.45) is 1.91. The summed E-state index contributed by atoms with van der Waals surface area (Å²) < 4.78 is 6.61. The molecule has 0 aliphatic rings. The molecular formula is C8H16N4O. The van der Waals surface area contributed by atoms with Crippen LogP contribution in [0.4, 0.5) is 5.82 Å². The van der Waals surface area contributed by atoms with Crippen molar-refractivity contribution in [2.75, 3.05) is 26.0 Å². The summed E-state index contributed by atoms with van der Waals surface area (Å²) in [5.41, 5.74) is 6.68. The summed E-state index contributed by atoms with van der Waals surface area (Å²) in [6, 6.07) is 0. The largest absolute Gasteiger partial charge is 0.383 e. The molecule has 0 aliphatic carbocycles. The van der Waals surface area contributed by atoms with Crippen molar-refractivity contribution in [1.82, 2.24) is 15.1 Å². The van der Waals surface area contributed by atoms with E-state index in [1.807, 2.05) is 13.2 Å². The molecule has 0 bridgehead atoms. The first-order valence-electron chi connectivity index (χ1n) is 4.21. The quantitative estimate of drug-likeness (QED) is 0.619. The Balaban J connectivity index is 2.32. The normalized spacial score (nSPS) is 10.6. The van der Waals surface area contributed by atoms with Gasteiger partial charge in [-0.3, -0.25) is 4.68 Å². The van der Waals surface area contributed by atoms with Crippen LogP contribution in [-0.2, 0) is 18.3 Å². The average molecular weight is 184 g/mol. The molecule has 0 unspecified atom stereocenters. The van der Waals surface area contributed by atoms with Gasteiger partial charge in [0.15, 0.2) is 0 Å². The third-order valence-electron chi connectivity index (χ3n) is 1.74. The third-order valence-corrected chi connectivity index (χ3v) is 1.74. The van der Waals surface area contributed by atoms with Crippen molar-refractivity contribution in [2.24, 2.45) is 7.05 Å². The maximum atomic E-state index is 5.65. The minimum Gasteiger partial charge on any atom is -0.383 e. The number of nitrogens with two attached hydrogens (primary N) is 1. The van der Waals surface area contributed by atoms with Crippen LogP contribution in [0.15, 0.2) is 6.20 Å². The van der Waals surface area contributed by atoms with E-state index in [4.69, 9.17) is 10.5 Å². The first kappa shape index (κ1) is 10.0. The lowest BCUT2D eigenvalue weighted by Gasteiger charge is -2.01. The van der Waals surface area contributed by atoms with Gasteiger partial charge in [0.2, 0.25) is 0 Å². The molecule has 5 heteroatoms. The Morgan fingerprint density at radius 3 is 3.00 bits per heavy atom. The van der Waals surface area contributed by atoms with Crippen molar-refractivity contribution in [3.63, 3.8) is 0 Å². The number of nitrogen functional groups attached to an aromatic ring is 1. The third kappa shape index (κ3) is 3.04. The fourth-order valence-electron chi connectivity index (χ4n) is 1.09. The van der Waals surface area contributed by atoms with Crippen LogP contribution < -0.4 is 11.1 Å². The van der Waals surface area contributed by atoms with Crippen LogP contribution in [0.3, 0.4) is 0 Å². The second-order valence-corrected chi connectivity index (χ2v) is 2.88. The van der Waals surface area contributed by atoms with Gasteiger partial charge in [0.05, 0.1) is 6.61 Å². The summed E-state index contributed by atoms with van der Waals surface area (Å²) in [6.45, 7) is 2.27. The minimum atomic E-state index is 0.590. The second kappa shape index (κ2) is 4.84. The molecule has 0 spiro atoms. The van der Waals surface area contributed by atoms with Crippen LogP contribution >= 0.6 is 0 Å². The Kier molecular flexibility index (Phi) is 3.72. The molecule has 13 heavy (non-hydrogen) atoms. The molecule has 0 aromatic carbocycles. The van der Waals surface area contributed by atoms with Crippen LogP contribution in [0, 0.1) is 0 Å². The topological polar surface area (TPSA) is 65.1 Å². The summed E-state index contributed by atoms with van der Waals surface area (Å²) in [5.74, 6) is 0.590. The first-order valence-corrected chi connectivity index (χ1v) is 4.21. The van der Waals surface area contributed by atoms with Gasteiger partial charge in [0.1, 0.15) is 5.82 Å². The maximum Gasteiger partial charge on any atom is 0.149 e. The summed E-state index contributed by atoms with van der Waals surface area (Å²) in [7, 11) is 3.54. The van der Waals surface area contributed by atoms with Gasteiger partial charge in [-0.05, 0) is 0 Å². The molecule has 1 aromatic heterocycles. The molecule has 74 valence electrons. The van der Waals surface area contributed by atoms with E-state index in [0.29, 0.717) is 12.4 Å². The highest BCUT2D eigenvalue weighted by Crippen LogP contribution is 2.06. The lowest BCUT2D eigenvalue weighted by molar-refractivity contribution is 0.199. The van der Waals surface area contributed by atoms with Gasteiger partial charge in [-0.1, -0.05) is 0 Å². The van der Waals surface area contributed by atoms with Gasteiger partial charge in [0.25, 0.3) is 0 Å². The van der Waals surface area contributed by atoms with E-state index in [0.717, 1.165) is 18.7 Å². The predicted molar refractivity (Wildman–Crippen MR) is 51.2 cm³/mol. The summed E-state index contributed by atoms with van der Waals surface area (Å²) >= 11 is 0. The van der Waals surface area contributed by atoms with Crippen molar-refractivity contribution in [2.45, 2.75) is 6.54 Å². The lowest BCUT2D eigenvalue weighted by Crippen LogP contribution is -2.18. The summed E-state index contributed by atoms with van der Waals surface area (Å²) in [4.78, 5) is 0. The molecule has 1 aromatic rings. The zero-order valence-electron chi connectivity index (χ0n) is 8.08. The van der Waals surface area contributed by atoms with Gasteiger partial charge in [-0.15, -0.1) is 0 Å². The number of hydrogen-bond donors (Lipinski definition) is 2. The number of ether oxygens (including phenoxy) is 1. The Labute approximate surface area is 77.9 Å². The van der Waals surface area contributed by atoms with E-state index in [1.165, 1.54) is 0 Å². The Hall–Kier alpha value is -1.07. The van der Waals surface area contributed by atoms with E-state index < -0.39 is 0 Å². The number of rotatable bonds is 5. The van der Waals surface area contributed by atoms with E-state index >= 15 is 0 Å². The molecule has 1 rings (SSSR count). The van der Waals surface area contributed by atoms with Crippen molar-refractivity contribution in [1.29, 1.82) is 0 Å². The standard InChI is InChI=1S/C8H16N4O/c1-12-6-7(8(9)11-12)5-10-3-4-13-2/h6,10H,3-5H2,1-2H3,(H2,9,11). The van der Waals surface area contributed by atoms with E-state index in [-0.39, 0.29) is 0 Å². The van der Waals surface area contributed by atoms with Crippen LogP contribution in [0.5, 0.6) is 0 Å². The molecule has 3 N–H and O–H groups in total. The predicted octanol–water partition coefficient (Wildman–Crippen LogP) is -0.262. The first-order chi connectivity index (χ1) is 6.24. The van der Waals surface area contributed by atoms with Crippen molar-refractivity contribution in [3.8, 4) is 0 Å². The highest BCUT2D eigenvalue weighted by atomic mass is 16.5.